The smallest absolute Gasteiger partial charge is 0.301 e. The first-order valence-corrected chi connectivity index (χ1v) is 12.2. The third kappa shape index (κ3) is 4.07. The highest BCUT2D eigenvalue weighted by Gasteiger charge is 2.48. The van der Waals surface area contributed by atoms with Gasteiger partial charge in [-0.05, 0) is 66.1 Å². The van der Waals surface area contributed by atoms with Crippen LogP contribution in [0, 0.1) is 0 Å². The summed E-state index contributed by atoms with van der Waals surface area (Å²) >= 11 is 7.44. The average molecular weight is 505 g/mol. The second-order valence-corrected chi connectivity index (χ2v) is 9.55. The molecule has 4 aromatic rings. The molecule has 1 aliphatic rings. The summed E-state index contributed by atoms with van der Waals surface area (Å²) in [5, 5.41) is 12.1. The number of ketones is 1. The number of rotatable bonds is 5. The van der Waals surface area contributed by atoms with Crippen LogP contribution in [-0.2, 0) is 16.0 Å². The lowest BCUT2D eigenvalue weighted by Gasteiger charge is -2.23. The third-order valence-electron chi connectivity index (χ3n) is 6.05. The number of ether oxygens (including phenoxy) is 1. The van der Waals surface area contributed by atoms with E-state index >= 15 is 0 Å². The van der Waals surface area contributed by atoms with Crippen LogP contribution in [0.4, 0.5) is 5.13 Å². The number of aromatic nitrogens is 1. The summed E-state index contributed by atoms with van der Waals surface area (Å²) in [6.07, 6.45) is 0.875. The number of methoxy groups -OCH3 is 1. The van der Waals surface area contributed by atoms with Crippen LogP contribution in [0.1, 0.15) is 29.7 Å². The number of hydrogen-bond donors (Lipinski definition) is 1. The van der Waals surface area contributed by atoms with Gasteiger partial charge in [0, 0.05) is 10.6 Å². The minimum absolute atomic E-state index is 0.00371. The highest BCUT2D eigenvalue weighted by molar-refractivity contribution is 7.22. The number of aliphatic hydroxyl groups excluding tert-OH is 1. The van der Waals surface area contributed by atoms with Crippen LogP contribution >= 0.6 is 22.9 Å². The number of hydrogen-bond acceptors (Lipinski definition) is 6. The van der Waals surface area contributed by atoms with E-state index in [1.165, 1.54) is 16.2 Å². The molecule has 0 radical (unpaired) electrons. The van der Waals surface area contributed by atoms with Crippen LogP contribution in [0.25, 0.3) is 16.0 Å². The Labute approximate surface area is 211 Å². The van der Waals surface area contributed by atoms with Gasteiger partial charge in [-0.3, -0.25) is 14.5 Å². The number of fused-ring (bicyclic) bond motifs is 1. The predicted molar refractivity (Wildman–Crippen MR) is 138 cm³/mol. The van der Waals surface area contributed by atoms with E-state index < -0.39 is 17.7 Å². The zero-order valence-corrected chi connectivity index (χ0v) is 20.6. The molecule has 1 amide bonds. The van der Waals surface area contributed by atoms with Gasteiger partial charge in [-0.2, -0.15) is 0 Å². The zero-order chi connectivity index (χ0) is 24.7. The van der Waals surface area contributed by atoms with Crippen molar-refractivity contribution in [3.63, 3.8) is 0 Å². The molecule has 1 saturated heterocycles. The van der Waals surface area contributed by atoms with E-state index in [2.05, 4.69) is 11.9 Å². The van der Waals surface area contributed by atoms with Gasteiger partial charge < -0.3 is 9.84 Å². The number of aliphatic hydroxyl groups is 1. The third-order valence-corrected chi connectivity index (χ3v) is 7.32. The molecule has 1 fully saturated rings. The fourth-order valence-corrected chi connectivity index (χ4v) is 5.36. The van der Waals surface area contributed by atoms with Crippen LogP contribution in [0.3, 0.4) is 0 Å². The molecule has 5 rings (SSSR count). The highest BCUT2D eigenvalue weighted by atomic mass is 35.5. The van der Waals surface area contributed by atoms with E-state index in [1.807, 2.05) is 18.2 Å². The standard InChI is InChI=1S/C27H21ClN2O4S/c1-3-15-4-13-20-21(14-15)35-27(29-20)30-23(16-5-9-18(28)10-6-16)22(25(32)26(30)33)24(31)17-7-11-19(34-2)12-8-17/h4-14,23,31H,3H2,1-2H3. The number of benzene rings is 3. The molecule has 35 heavy (non-hydrogen) atoms. The van der Waals surface area contributed by atoms with E-state index in [1.54, 1.807) is 55.6 Å². The summed E-state index contributed by atoms with van der Waals surface area (Å²) in [5.41, 5.74) is 2.94. The first-order valence-electron chi connectivity index (χ1n) is 11.0. The van der Waals surface area contributed by atoms with Crippen molar-refractivity contribution in [3.05, 3.63) is 94.0 Å². The Morgan fingerprint density at radius 3 is 2.46 bits per heavy atom. The van der Waals surface area contributed by atoms with Gasteiger partial charge in [0.25, 0.3) is 5.78 Å². The Kier molecular flexibility index (Phi) is 6.05. The lowest BCUT2D eigenvalue weighted by molar-refractivity contribution is -0.132. The molecule has 8 heteroatoms. The van der Waals surface area contributed by atoms with E-state index in [9.17, 15) is 14.7 Å². The Morgan fingerprint density at radius 2 is 1.80 bits per heavy atom. The topological polar surface area (TPSA) is 79.7 Å². The van der Waals surface area contributed by atoms with Gasteiger partial charge in [-0.1, -0.05) is 48.1 Å². The number of carbonyl (C=O) groups excluding carboxylic acids is 2. The molecule has 0 bridgehead atoms. The van der Waals surface area contributed by atoms with E-state index in [4.69, 9.17) is 16.3 Å². The highest BCUT2D eigenvalue weighted by Crippen LogP contribution is 2.44. The summed E-state index contributed by atoms with van der Waals surface area (Å²) in [7, 11) is 1.54. The maximum Gasteiger partial charge on any atom is 0.301 e. The maximum atomic E-state index is 13.4. The quantitative estimate of drug-likeness (QED) is 0.200. The van der Waals surface area contributed by atoms with Gasteiger partial charge in [0.1, 0.15) is 11.5 Å². The maximum absolute atomic E-state index is 13.4. The summed E-state index contributed by atoms with van der Waals surface area (Å²) in [5.74, 6) is -1.17. The summed E-state index contributed by atoms with van der Waals surface area (Å²) in [6, 6.07) is 18.6. The number of carbonyl (C=O) groups is 2. The summed E-state index contributed by atoms with van der Waals surface area (Å²) < 4.78 is 6.11. The lowest BCUT2D eigenvalue weighted by atomic mass is 9.95. The molecule has 0 spiro atoms. The SMILES string of the molecule is CCc1ccc2nc(N3C(=O)C(=O)C(=C(O)c4ccc(OC)cc4)C3c3ccc(Cl)cc3)sc2c1. The molecule has 1 N–H and O–H groups in total. The number of Topliss-reactive ketones (excluding diaryl/α,β-unsaturated/α-hetero) is 1. The molecular weight excluding hydrogens is 484 g/mol. The molecule has 1 aliphatic heterocycles. The fraction of sp³-hybridized carbons (Fsp3) is 0.148. The minimum Gasteiger partial charge on any atom is -0.507 e. The van der Waals surface area contributed by atoms with Gasteiger partial charge in [0.05, 0.1) is 28.9 Å². The second kappa shape index (κ2) is 9.17. The van der Waals surface area contributed by atoms with E-state index in [0.29, 0.717) is 27.0 Å². The number of amides is 1. The molecule has 1 unspecified atom stereocenters. The Bertz CT molecular complexity index is 1480. The van der Waals surface area contributed by atoms with E-state index in [-0.39, 0.29) is 11.3 Å². The molecule has 0 saturated carbocycles. The van der Waals surface area contributed by atoms with Gasteiger partial charge in [-0.25, -0.2) is 4.98 Å². The molecule has 2 heterocycles. The van der Waals surface area contributed by atoms with Crippen molar-refractivity contribution in [1.29, 1.82) is 0 Å². The van der Waals surface area contributed by atoms with Crippen molar-refractivity contribution in [1.82, 2.24) is 4.98 Å². The summed E-state index contributed by atoms with van der Waals surface area (Å²) in [6.45, 7) is 2.07. The summed E-state index contributed by atoms with van der Waals surface area (Å²) in [4.78, 5) is 32.7. The number of halogens is 1. The monoisotopic (exact) mass is 504 g/mol. The van der Waals surface area contributed by atoms with E-state index in [0.717, 1.165) is 22.2 Å². The molecular formula is C27H21ClN2O4S. The Hall–Kier alpha value is -3.68. The molecule has 0 aliphatic carbocycles. The fourth-order valence-electron chi connectivity index (χ4n) is 4.17. The Morgan fingerprint density at radius 1 is 1.09 bits per heavy atom. The first-order chi connectivity index (χ1) is 16.9. The van der Waals surface area contributed by atoms with Crippen molar-refractivity contribution in [2.45, 2.75) is 19.4 Å². The molecule has 1 aromatic heterocycles. The average Bonchev–Trinajstić information content (AvgIpc) is 3.41. The predicted octanol–water partition coefficient (Wildman–Crippen LogP) is 6.15. The van der Waals surface area contributed by atoms with Crippen LogP contribution in [0.2, 0.25) is 5.02 Å². The van der Waals surface area contributed by atoms with Gasteiger partial charge in [0.2, 0.25) is 0 Å². The minimum atomic E-state index is -0.861. The second-order valence-electron chi connectivity index (χ2n) is 8.10. The normalized spacial score (nSPS) is 17.3. The van der Waals surface area contributed by atoms with Gasteiger partial charge >= 0.3 is 5.91 Å². The number of thiazole rings is 1. The molecule has 6 nitrogen and oxygen atoms in total. The lowest BCUT2D eigenvalue weighted by Crippen LogP contribution is -2.29. The number of nitrogens with zero attached hydrogens (tertiary/aromatic N) is 2. The molecule has 1 atom stereocenters. The number of anilines is 1. The zero-order valence-electron chi connectivity index (χ0n) is 19.0. The van der Waals surface area contributed by atoms with Crippen molar-refractivity contribution in [2.24, 2.45) is 0 Å². The van der Waals surface area contributed by atoms with Gasteiger partial charge in [0.15, 0.2) is 5.13 Å². The van der Waals surface area contributed by atoms with Gasteiger partial charge in [-0.15, -0.1) is 0 Å². The van der Waals surface area contributed by atoms with Crippen LogP contribution in [0.5, 0.6) is 5.75 Å². The van der Waals surface area contributed by atoms with Crippen molar-refractivity contribution < 1.29 is 19.4 Å². The van der Waals surface area contributed by atoms with Crippen molar-refractivity contribution in [2.75, 3.05) is 12.0 Å². The van der Waals surface area contributed by atoms with Crippen LogP contribution in [-0.4, -0.2) is 28.9 Å². The Balaban J connectivity index is 1.69. The first kappa shape index (κ1) is 23.1. The van der Waals surface area contributed by atoms with Crippen molar-refractivity contribution >= 4 is 55.7 Å². The number of aryl methyl sites for hydroxylation is 1. The van der Waals surface area contributed by atoms with Crippen LogP contribution < -0.4 is 9.64 Å². The van der Waals surface area contributed by atoms with Crippen molar-refractivity contribution in [3.8, 4) is 5.75 Å². The largest absolute Gasteiger partial charge is 0.507 e. The molecule has 3 aromatic carbocycles. The molecule has 176 valence electrons. The van der Waals surface area contributed by atoms with Crippen LogP contribution in [0.15, 0.2) is 72.3 Å².